The summed E-state index contributed by atoms with van der Waals surface area (Å²) in [5.74, 6) is 0.323. The average molecular weight is 294 g/mol. The van der Waals surface area contributed by atoms with E-state index in [1.165, 1.54) is 18.5 Å². The topological polar surface area (TPSA) is 75.7 Å². The van der Waals surface area contributed by atoms with Crippen molar-refractivity contribution in [3.63, 3.8) is 0 Å². The number of imidazole rings is 1. The zero-order valence-electron chi connectivity index (χ0n) is 10.3. The fourth-order valence-corrected chi connectivity index (χ4v) is 1.76. The summed E-state index contributed by atoms with van der Waals surface area (Å²) in [5.41, 5.74) is 0.980. The van der Waals surface area contributed by atoms with Crippen LogP contribution in [0.1, 0.15) is 0 Å². The molecule has 2 heterocycles. The Hall–Kier alpha value is -2.41. The first kappa shape index (κ1) is 12.6. The summed E-state index contributed by atoms with van der Waals surface area (Å²) in [6.45, 7) is 0. The third-order valence-electron chi connectivity index (χ3n) is 2.58. The Morgan fingerprint density at radius 3 is 2.95 bits per heavy atom. The van der Waals surface area contributed by atoms with Crippen molar-refractivity contribution in [2.45, 2.75) is 0 Å². The van der Waals surface area contributed by atoms with E-state index < -0.39 is 5.82 Å². The van der Waals surface area contributed by atoms with Crippen molar-refractivity contribution in [3.05, 3.63) is 35.4 Å². The van der Waals surface area contributed by atoms with Crippen LogP contribution in [-0.4, -0.2) is 27.0 Å². The number of hydrogen-bond acceptors (Lipinski definition) is 5. The Bertz CT molecular complexity index is 776. The monoisotopic (exact) mass is 293 g/mol. The van der Waals surface area contributed by atoms with Crippen molar-refractivity contribution >= 4 is 28.7 Å². The molecule has 0 saturated heterocycles. The number of hydrogen-bond donors (Lipinski definition) is 2. The Labute approximate surface area is 118 Å². The van der Waals surface area contributed by atoms with Crippen LogP contribution in [0.5, 0.6) is 11.6 Å². The molecule has 0 aliphatic heterocycles. The van der Waals surface area contributed by atoms with Gasteiger partial charge in [0.1, 0.15) is 17.1 Å². The van der Waals surface area contributed by atoms with Crippen LogP contribution in [0.3, 0.4) is 0 Å². The molecule has 0 unspecified atom stereocenters. The lowest BCUT2D eigenvalue weighted by Crippen LogP contribution is -1.99. The van der Waals surface area contributed by atoms with E-state index in [4.69, 9.17) is 16.3 Å². The number of rotatable bonds is 3. The number of aromatic nitrogens is 4. The molecule has 0 saturated carbocycles. The lowest BCUT2D eigenvalue weighted by Gasteiger charge is -2.07. The molecule has 3 aromatic rings. The fourth-order valence-electron chi connectivity index (χ4n) is 1.64. The van der Waals surface area contributed by atoms with Gasteiger partial charge in [0.2, 0.25) is 5.95 Å². The molecule has 0 aliphatic rings. The van der Waals surface area contributed by atoms with Crippen molar-refractivity contribution < 1.29 is 9.13 Å². The number of fused-ring (bicyclic) bond motifs is 1. The predicted molar refractivity (Wildman–Crippen MR) is 72.7 cm³/mol. The molecule has 0 amide bonds. The van der Waals surface area contributed by atoms with Crippen molar-refractivity contribution in [1.29, 1.82) is 0 Å². The summed E-state index contributed by atoms with van der Waals surface area (Å²) >= 11 is 5.63. The number of aromatic amines is 1. The minimum atomic E-state index is -0.562. The second-order valence-corrected chi connectivity index (χ2v) is 4.29. The summed E-state index contributed by atoms with van der Waals surface area (Å²) in [4.78, 5) is 15.2. The number of ether oxygens (including phenoxy) is 1. The highest BCUT2D eigenvalue weighted by Crippen LogP contribution is 2.28. The van der Waals surface area contributed by atoms with Crippen LogP contribution in [0, 0.1) is 5.82 Å². The minimum absolute atomic E-state index is 0.0302. The molecular weight excluding hydrogens is 285 g/mol. The number of halogens is 2. The molecule has 3 rings (SSSR count). The van der Waals surface area contributed by atoms with Gasteiger partial charge in [0.15, 0.2) is 5.65 Å². The predicted octanol–water partition coefficient (Wildman–Crippen LogP) is 2.98. The van der Waals surface area contributed by atoms with Crippen LogP contribution in [0.4, 0.5) is 10.3 Å². The van der Waals surface area contributed by atoms with E-state index in [-0.39, 0.29) is 16.7 Å². The quantitative estimate of drug-likeness (QED) is 0.776. The summed E-state index contributed by atoms with van der Waals surface area (Å²) in [5, 5.41) is 2.83. The average Bonchev–Trinajstić information content (AvgIpc) is 2.91. The fraction of sp³-hybridized carbons (Fsp3) is 0.0833. The number of nitrogens with one attached hydrogen (secondary N) is 2. The molecule has 1 aromatic carbocycles. The first-order valence-electron chi connectivity index (χ1n) is 5.69. The molecule has 0 atom stereocenters. The lowest BCUT2D eigenvalue weighted by molar-refractivity contribution is 0.463. The van der Waals surface area contributed by atoms with Gasteiger partial charge >= 0.3 is 0 Å². The molecule has 2 aromatic heterocycles. The smallest absolute Gasteiger partial charge is 0.250 e. The SMILES string of the molecule is CNc1nc(Oc2ccc(Cl)c(F)c2)c2[nH]cnc2n1. The van der Waals surface area contributed by atoms with E-state index in [1.807, 2.05) is 0 Å². The zero-order valence-corrected chi connectivity index (χ0v) is 11.1. The Morgan fingerprint density at radius 1 is 1.35 bits per heavy atom. The molecule has 0 aliphatic carbocycles. The van der Waals surface area contributed by atoms with Crippen molar-refractivity contribution in [2.24, 2.45) is 0 Å². The van der Waals surface area contributed by atoms with Gasteiger partial charge in [-0.25, -0.2) is 9.37 Å². The van der Waals surface area contributed by atoms with Gasteiger partial charge in [-0.2, -0.15) is 9.97 Å². The van der Waals surface area contributed by atoms with Gasteiger partial charge in [0.25, 0.3) is 5.88 Å². The Kier molecular flexibility index (Phi) is 3.11. The second kappa shape index (κ2) is 4.93. The third kappa shape index (κ3) is 2.23. The third-order valence-corrected chi connectivity index (χ3v) is 2.89. The highest BCUT2D eigenvalue weighted by molar-refractivity contribution is 6.30. The van der Waals surface area contributed by atoms with Gasteiger partial charge in [-0.05, 0) is 12.1 Å². The van der Waals surface area contributed by atoms with Crippen LogP contribution < -0.4 is 10.1 Å². The molecule has 0 spiro atoms. The molecular formula is C12H9ClFN5O. The molecule has 0 fully saturated rings. The molecule has 8 heteroatoms. The molecule has 0 bridgehead atoms. The summed E-state index contributed by atoms with van der Waals surface area (Å²) < 4.78 is 19.0. The van der Waals surface area contributed by atoms with Gasteiger partial charge < -0.3 is 15.0 Å². The summed E-state index contributed by atoms with van der Waals surface area (Å²) in [6.07, 6.45) is 1.48. The molecule has 102 valence electrons. The Balaban J connectivity index is 2.04. The molecule has 2 N–H and O–H groups in total. The highest BCUT2D eigenvalue weighted by Gasteiger charge is 2.12. The van der Waals surface area contributed by atoms with Gasteiger partial charge in [0, 0.05) is 13.1 Å². The van der Waals surface area contributed by atoms with Gasteiger partial charge in [-0.3, -0.25) is 0 Å². The molecule has 6 nitrogen and oxygen atoms in total. The summed E-state index contributed by atoms with van der Waals surface area (Å²) in [7, 11) is 1.68. The first-order chi connectivity index (χ1) is 9.67. The maximum absolute atomic E-state index is 13.4. The number of nitrogens with zero attached hydrogens (tertiary/aromatic N) is 3. The van der Waals surface area contributed by atoms with Crippen molar-refractivity contribution in [3.8, 4) is 11.6 Å². The number of benzene rings is 1. The van der Waals surface area contributed by atoms with E-state index in [0.29, 0.717) is 17.1 Å². The van der Waals surface area contributed by atoms with E-state index in [2.05, 4.69) is 25.3 Å². The van der Waals surface area contributed by atoms with Crippen LogP contribution in [0.25, 0.3) is 11.2 Å². The number of anilines is 1. The Morgan fingerprint density at radius 2 is 2.20 bits per heavy atom. The van der Waals surface area contributed by atoms with Crippen LogP contribution in [0.15, 0.2) is 24.5 Å². The maximum atomic E-state index is 13.4. The minimum Gasteiger partial charge on any atom is -0.437 e. The summed E-state index contributed by atoms with van der Waals surface area (Å²) in [6, 6.07) is 4.15. The van der Waals surface area contributed by atoms with Gasteiger partial charge in [0.05, 0.1) is 11.3 Å². The highest BCUT2D eigenvalue weighted by atomic mass is 35.5. The standard InChI is InChI=1S/C12H9ClFN5O/c1-15-12-18-10-9(16-5-17-10)11(19-12)20-6-2-3-7(13)8(14)4-6/h2-5H,1H3,(H2,15,16,17,18,19). The van der Waals surface area contributed by atoms with Crippen LogP contribution in [0.2, 0.25) is 5.02 Å². The van der Waals surface area contributed by atoms with Crippen molar-refractivity contribution in [1.82, 2.24) is 19.9 Å². The molecule has 0 radical (unpaired) electrons. The van der Waals surface area contributed by atoms with Gasteiger partial charge in [-0.1, -0.05) is 11.6 Å². The van der Waals surface area contributed by atoms with Crippen LogP contribution in [-0.2, 0) is 0 Å². The first-order valence-corrected chi connectivity index (χ1v) is 6.07. The zero-order chi connectivity index (χ0) is 14.1. The van der Waals surface area contributed by atoms with E-state index in [9.17, 15) is 4.39 Å². The van der Waals surface area contributed by atoms with Crippen LogP contribution >= 0.6 is 11.6 Å². The number of H-pyrrole nitrogens is 1. The van der Waals surface area contributed by atoms with E-state index >= 15 is 0 Å². The van der Waals surface area contributed by atoms with E-state index in [0.717, 1.165) is 0 Å². The van der Waals surface area contributed by atoms with Crippen molar-refractivity contribution in [2.75, 3.05) is 12.4 Å². The van der Waals surface area contributed by atoms with E-state index in [1.54, 1.807) is 13.1 Å². The normalized spacial score (nSPS) is 10.8. The lowest BCUT2D eigenvalue weighted by atomic mass is 10.3. The van der Waals surface area contributed by atoms with Gasteiger partial charge in [-0.15, -0.1) is 0 Å². The maximum Gasteiger partial charge on any atom is 0.250 e. The largest absolute Gasteiger partial charge is 0.437 e. The molecule has 20 heavy (non-hydrogen) atoms. The second-order valence-electron chi connectivity index (χ2n) is 3.88.